The highest BCUT2D eigenvalue weighted by molar-refractivity contribution is 6.79. The van der Waals surface area contributed by atoms with Gasteiger partial charge < -0.3 is 9.84 Å². The van der Waals surface area contributed by atoms with Gasteiger partial charge in [-0.25, -0.2) is 0 Å². The van der Waals surface area contributed by atoms with Crippen molar-refractivity contribution < 1.29 is 9.84 Å². The van der Waals surface area contributed by atoms with E-state index in [2.05, 4.69) is 19.6 Å². The van der Waals surface area contributed by atoms with E-state index in [1.807, 2.05) is 0 Å². The van der Waals surface area contributed by atoms with Gasteiger partial charge in [-0.3, -0.25) is 0 Å². The Morgan fingerprint density at radius 1 is 1.20 bits per heavy atom. The first kappa shape index (κ1) is 11.6. The van der Waals surface area contributed by atoms with E-state index in [0.717, 1.165) is 6.61 Å². The molecule has 1 aliphatic carbocycles. The SMILES string of the molecule is C[Si](C)(C)[C@]1([C@@H](O)C2CCCCC2)CO1. The van der Waals surface area contributed by atoms with Crippen LogP contribution >= 0.6 is 0 Å². The summed E-state index contributed by atoms with van der Waals surface area (Å²) in [4.78, 5) is 0. The summed E-state index contributed by atoms with van der Waals surface area (Å²) >= 11 is 0. The Bertz CT molecular complexity index is 224. The molecule has 0 aromatic rings. The van der Waals surface area contributed by atoms with E-state index in [4.69, 9.17) is 4.74 Å². The van der Waals surface area contributed by atoms with Crippen LogP contribution in [-0.4, -0.2) is 31.1 Å². The van der Waals surface area contributed by atoms with Gasteiger partial charge in [-0.15, -0.1) is 0 Å². The summed E-state index contributed by atoms with van der Waals surface area (Å²) in [5, 5.41) is 10.4. The Labute approximate surface area is 94.0 Å². The summed E-state index contributed by atoms with van der Waals surface area (Å²) in [7, 11) is -1.39. The van der Waals surface area contributed by atoms with Gasteiger partial charge in [0.2, 0.25) is 0 Å². The number of aliphatic hydroxyl groups excluding tert-OH is 1. The van der Waals surface area contributed by atoms with Crippen LogP contribution < -0.4 is 0 Å². The Kier molecular flexibility index (Phi) is 2.99. The molecule has 2 atom stereocenters. The lowest BCUT2D eigenvalue weighted by molar-refractivity contribution is 0.0398. The average Bonchev–Trinajstić information content (AvgIpc) is 2.98. The molecule has 0 spiro atoms. The smallest absolute Gasteiger partial charge is 0.106 e. The molecule has 3 heteroatoms. The fourth-order valence-electron chi connectivity index (χ4n) is 2.96. The molecule has 0 aromatic carbocycles. The van der Waals surface area contributed by atoms with Crippen LogP contribution in [0, 0.1) is 5.92 Å². The molecule has 2 rings (SSSR count). The summed E-state index contributed by atoms with van der Waals surface area (Å²) in [6.45, 7) is 7.74. The summed E-state index contributed by atoms with van der Waals surface area (Å²) < 4.78 is 5.69. The average molecular weight is 228 g/mol. The number of hydrogen-bond acceptors (Lipinski definition) is 2. The maximum Gasteiger partial charge on any atom is 0.106 e. The van der Waals surface area contributed by atoms with Gasteiger partial charge in [0.15, 0.2) is 0 Å². The van der Waals surface area contributed by atoms with Crippen LogP contribution in [-0.2, 0) is 4.74 Å². The van der Waals surface area contributed by atoms with Crippen molar-refractivity contribution in [3.05, 3.63) is 0 Å². The van der Waals surface area contributed by atoms with Gasteiger partial charge in [-0.2, -0.15) is 0 Å². The lowest BCUT2D eigenvalue weighted by atomic mass is 9.84. The predicted molar refractivity (Wildman–Crippen MR) is 64.6 cm³/mol. The minimum atomic E-state index is -1.39. The fourth-order valence-corrected chi connectivity index (χ4v) is 5.02. The number of ether oxygens (including phenoxy) is 1. The third kappa shape index (κ3) is 2.02. The molecule has 2 fully saturated rings. The molecule has 1 aliphatic heterocycles. The van der Waals surface area contributed by atoms with Gasteiger partial charge in [0.1, 0.15) is 5.22 Å². The van der Waals surface area contributed by atoms with Crippen LogP contribution in [0.5, 0.6) is 0 Å². The molecule has 0 aromatic heterocycles. The van der Waals surface area contributed by atoms with Crippen molar-refractivity contribution in [1.29, 1.82) is 0 Å². The van der Waals surface area contributed by atoms with E-state index in [-0.39, 0.29) is 11.3 Å². The second-order valence-electron chi connectivity index (χ2n) is 6.27. The maximum atomic E-state index is 10.5. The zero-order chi connectivity index (χ0) is 11.1. The highest BCUT2D eigenvalue weighted by atomic mass is 28.3. The van der Waals surface area contributed by atoms with Gasteiger partial charge in [0.05, 0.1) is 20.8 Å². The zero-order valence-corrected chi connectivity index (χ0v) is 11.3. The first-order chi connectivity index (χ1) is 6.97. The minimum Gasteiger partial charge on any atom is -0.390 e. The normalized spacial score (nSPS) is 35.2. The summed E-state index contributed by atoms with van der Waals surface area (Å²) in [6.07, 6.45) is 6.16. The molecule has 0 unspecified atom stereocenters. The van der Waals surface area contributed by atoms with Gasteiger partial charge in [0, 0.05) is 0 Å². The van der Waals surface area contributed by atoms with Crippen molar-refractivity contribution >= 4 is 8.07 Å². The predicted octanol–water partition coefficient (Wildman–Crippen LogP) is 2.57. The van der Waals surface area contributed by atoms with Gasteiger partial charge >= 0.3 is 0 Å². The van der Waals surface area contributed by atoms with Crippen molar-refractivity contribution in [1.82, 2.24) is 0 Å². The maximum absolute atomic E-state index is 10.5. The molecule has 2 nitrogen and oxygen atoms in total. The van der Waals surface area contributed by atoms with Crippen molar-refractivity contribution in [2.24, 2.45) is 5.92 Å². The van der Waals surface area contributed by atoms with Crippen LogP contribution in [0.2, 0.25) is 19.6 Å². The Balaban J connectivity index is 2.03. The number of aliphatic hydroxyl groups is 1. The lowest BCUT2D eigenvalue weighted by Gasteiger charge is -2.36. The first-order valence-electron chi connectivity index (χ1n) is 6.29. The molecule has 1 saturated heterocycles. The van der Waals surface area contributed by atoms with Crippen molar-refractivity contribution in [2.45, 2.75) is 63.1 Å². The Morgan fingerprint density at radius 3 is 2.13 bits per heavy atom. The van der Waals surface area contributed by atoms with Gasteiger partial charge in [-0.05, 0) is 18.8 Å². The van der Waals surface area contributed by atoms with E-state index in [1.54, 1.807) is 0 Å². The molecule has 0 radical (unpaired) electrons. The molecule has 0 amide bonds. The zero-order valence-electron chi connectivity index (χ0n) is 10.3. The summed E-state index contributed by atoms with van der Waals surface area (Å²) in [5.74, 6) is 0.507. The molecule has 0 bridgehead atoms. The van der Waals surface area contributed by atoms with Crippen LogP contribution in [0.3, 0.4) is 0 Å². The highest BCUT2D eigenvalue weighted by Crippen LogP contribution is 2.45. The third-order valence-electron chi connectivity index (χ3n) is 4.30. The quantitative estimate of drug-likeness (QED) is 0.595. The van der Waals surface area contributed by atoms with E-state index in [0.29, 0.717) is 5.92 Å². The number of epoxide rings is 1. The van der Waals surface area contributed by atoms with Crippen LogP contribution in [0.25, 0.3) is 0 Å². The topological polar surface area (TPSA) is 32.8 Å². The Hall–Kier alpha value is 0.137. The Morgan fingerprint density at radius 2 is 1.73 bits per heavy atom. The number of hydrogen-bond donors (Lipinski definition) is 1. The molecular weight excluding hydrogens is 204 g/mol. The number of rotatable bonds is 3. The van der Waals surface area contributed by atoms with Gasteiger partial charge in [-0.1, -0.05) is 38.9 Å². The van der Waals surface area contributed by atoms with Gasteiger partial charge in [0.25, 0.3) is 0 Å². The molecule has 1 saturated carbocycles. The summed E-state index contributed by atoms with van der Waals surface area (Å²) in [5.41, 5.74) is 0. The van der Waals surface area contributed by atoms with Crippen LogP contribution in [0.1, 0.15) is 32.1 Å². The molecule has 1 heterocycles. The molecule has 88 valence electrons. The van der Waals surface area contributed by atoms with Crippen molar-refractivity contribution in [3.8, 4) is 0 Å². The molecule has 1 N–H and O–H groups in total. The molecular formula is C12H24O2Si. The van der Waals surface area contributed by atoms with Crippen LogP contribution in [0.15, 0.2) is 0 Å². The second-order valence-corrected chi connectivity index (χ2v) is 11.6. The highest BCUT2D eigenvalue weighted by Gasteiger charge is 2.61. The van der Waals surface area contributed by atoms with Crippen molar-refractivity contribution in [3.63, 3.8) is 0 Å². The second kappa shape index (κ2) is 3.86. The minimum absolute atomic E-state index is 0.102. The molecule has 2 aliphatic rings. The third-order valence-corrected chi connectivity index (χ3v) is 7.42. The first-order valence-corrected chi connectivity index (χ1v) is 9.79. The van der Waals surface area contributed by atoms with E-state index < -0.39 is 8.07 Å². The monoisotopic (exact) mass is 228 g/mol. The van der Waals surface area contributed by atoms with E-state index in [1.165, 1.54) is 32.1 Å². The lowest BCUT2D eigenvalue weighted by Crippen LogP contribution is -2.53. The van der Waals surface area contributed by atoms with Crippen molar-refractivity contribution in [2.75, 3.05) is 6.61 Å². The molecule has 15 heavy (non-hydrogen) atoms. The van der Waals surface area contributed by atoms with E-state index >= 15 is 0 Å². The fraction of sp³-hybridized carbons (Fsp3) is 1.00. The largest absolute Gasteiger partial charge is 0.390 e. The summed E-state index contributed by atoms with van der Waals surface area (Å²) in [6, 6.07) is 0. The standard InChI is InChI=1S/C12H24O2Si/c1-15(2,3)12(9-14-12)11(13)10-7-5-4-6-8-10/h10-11,13H,4-9H2,1-3H3/t11-,12-/m0/s1. The van der Waals surface area contributed by atoms with E-state index in [9.17, 15) is 5.11 Å². The van der Waals surface area contributed by atoms with Crippen LogP contribution in [0.4, 0.5) is 0 Å².